The first-order chi connectivity index (χ1) is 10.0. The zero-order chi connectivity index (χ0) is 15.1. The van der Waals surface area contributed by atoms with Gasteiger partial charge in [0.2, 0.25) is 0 Å². The van der Waals surface area contributed by atoms with Gasteiger partial charge in [-0.25, -0.2) is 0 Å². The second kappa shape index (κ2) is 5.20. The molecule has 2 heteroatoms. The highest BCUT2D eigenvalue weighted by Crippen LogP contribution is 2.70. The first kappa shape index (κ1) is 14.7. The van der Waals surface area contributed by atoms with E-state index in [1.807, 2.05) is 6.21 Å². The van der Waals surface area contributed by atoms with Crippen molar-refractivity contribution in [1.82, 2.24) is 0 Å². The largest absolute Gasteiger partial charge is 0.383 e. The number of nitrogens with zero attached hydrogens (tertiary/aromatic N) is 1. The molecule has 3 rings (SSSR count). The summed E-state index contributed by atoms with van der Waals surface area (Å²) in [5, 5.41) is 3.97. The highest BCUT2D eigenvalue weighted by Gasteiger charge is 2.62. The molecule has 2 nitrogen and oxygen atoms in total. The Kier molecular flexibility index (Phi) is 3.64. The van der Waals surface area contributed by atoms with Crippen LogP contribution in [-0.4, -0.2) is 12.8 Å². The smallest absolute Gasteiger partial charge is 0.177 e. The zero-order valence-corrected chi connectivity index (χ0v) is 13.6. The molecule has 0 radical (unpaired) electrons. The Morgan fingerprint density at radius 2 is 2.14 bits per heavy atom. The molecule has 3 saturated carbocycles. The van der Waals surface area contributed by atoms with Gasteiger partial charge in [-0.05, 0) is 60.3 Å². The van der Waals surface area contributed by atoms with Gasteiger partial charge in [-0.2, -0.15) is 0 Å². The third-order valence-electron chi connectivity index (χ3n) is 6.49. The lowest BCUT2D eigenvalue weighted by atomic mass is 9.68. The van der Waals surface area contributed by atoms with Gasteiger partial charge in [0.05, 0.1) is 6.21 Å². The highest BCUT2D eigenvalue weighted by atomic mass is 16.6. The summed E-state index contributed by atoms with van der Waals surface area (Å²) in [4.78, 5) is 5.02. The molecule has 4 bridgehead atoms. The fraction of sp³-hybridized carbons (Fsp3) is 0.737. The van der Waals surface area contributed by atoms with Crippen molar-refractivity contribution in [3.05, 3.63) is 11.6 Å². The van der Waals surface area contributed by atoms with E-state index in [-0.39, 0.29) is 6.61 Å². The number of hydrogen-bond donors (Lipinski definition) is 0. The van der Waals surface area contributed by atoms with Crippen molar-refractivity contribution >= 4 is 6.21 Å². The van der Waals surface area contributed by atoms with Crippen molar-refractivity contribution in [3.8, 4) is 12.3 Å². The van der Waals surface area contributed by atoms with Crippen LogP contribution in [0, 0.1) is 40.9 Å². The molecule has 0 unspecified atom stereocenters. The van der Waals surface area contributed by atoms with Crippen molar-refractivity contribution in [2.45, 2.75) is 52.9 Å². The molecule has 0 amide bonds. The fourth-order valence-electron chi connectivity index (χ4n) is 5.74. The summed E-state index contributed by atoms with van der Waals surface area (Å²) in [6, 6.07) is 0. The SMILES string of the molecule is C#CCO/N=C/C=C1[C@H]2CC[C@@H]3[C@H]2C(C)(C)CCC[C@]13C. The molecule has 0 heterocycles. The molecule has 114 valence electrons. The standard InChI is InChI=1S/C19H27NO/c1-5-13-21-20-12-9-15-14-7-8-16-17(14)18(2,3)10-6-11-19(15,16)4/h1,9,12,14,16-17H,6-8,10-11,13H2,2-4H3/b15-9?,20-12+/t14-,16-,17+,19-/m1/s1. The maximum absolute atomic E-state index is 5.16. The molecule has 0 spiro atoms. The molecule has 3 fully saturated rings. The number of allylic oxidation sites excluding steroid dienone is 2. The van der Waals surface area contributed by atoms with Gasteiger partial charge in [-0.1, -0.05) is 43.8 Å². The van der Waals surface area contributed by atoms with Crippen molar-refractivity contribution in [2.24, 2.45) is 33.7 Å². The molecular formula is C19H27NO. The van der Waals surface area contributed by atoms with Gasteiger partial charge in [0.15, 0.2) is 6.61 Å². The molecule has 0 aromatic carbocycles. The summed E-state index contributed by atoms with van der Waals surface area (Å²) in [6.07, 6.45) is 16.0. The third kappa shape index (κ3) is 2.22. The van der Waals surface area contributed by atoms with Gasteiger partial charge in [-0.3, -0.25) is 0 Å². The van der Waals surface area contributed by atoms with Crippen LogP contribution in [0.1, 0.15) is 52.9 Å². The van der Waals surface area contributed by atoms with Gasteiger partial charge in [-0.15, -0.1) is 6.42 Å². The molecule has 3 aliphatic carbocycles. The quantitative estimate of drug-likeness (QED) is 0.325. The van der Waals surface area contributed by atoms with E-state index in [2.05, 4.69) is 37.9 Å². The van der Waals surface area contributed by atoms with Gasteiger partial charge < -0.3 is 4.84 Å². The van der Waals surface area contributed by atoms with Crippen LogP contribution < -0.4 is 0 Å². The van der Waals surface area contributed by atoms with Gasteiger partial charge in [0, 0.05) is 0 Å². The van der Waals surface area contributed by atoms with Crippen LogP contribution in [-0.2, 0) is 4.84 Å². The fourth-order valence-corrected chi connectivity index (χ4v) is 5.74. The van der Waals surface area contributed by atoms with Crippen LogP contribution in [0.3, 0.4) is 0 Å². The maximum atomic E-state index is 5.16. The topological polar surface area (TPSA) is 21.6 Å². The van der Waals surface area contributed by atoms with E-state index < -0.39 is 0 Å². The first-order valence-electron chi connectivity index (χ1n) is 8.30. The van der Waals surface area contributed by atoms with E-state index in [1.54, 1.807) is 5.57 Å². The lowest BCUT2D eigenvalue weighted by Crippen LogP contribution is -2.28. The predicted molar refractivity (Wildman–Crippen MR) is 86.8 cm³/mol. The molecule has 0 aromatic rings. The second-order valence-corrected chi connectivity index (χ2v) is 7.93. The number of rotatable bonds is 3. The molecular weight excluding hydrogens is 258 g/mol. The first-order valence-corrected chi connectivity index (χ1v) is 8.30. The van der Waals surface area contributed by atoms with E-state index in [9.17, 15) is 0 Å². The van der Waals surface area contributed by atoms with E-state index >= 15 is 0 Å². The maximum Gasteiger partial charge on any atom is 0.177 e. The number of terminal acetylenes is 1. The van der Waals surface area contributed by atoms with Crippen LogP contribution in [0.15, 0.2) is 16.8 Å². The van der Waals surface area contributed by atoms with E-state index in [0.29, 0.717) is 10.8 Å². The molecule has 21 heavy (non-hydrogen) atoms. The Hall–Kier alpha value is -1.23. The monoisotopic (exact) mass is 285 g/mol. The summed E-state index contributed by atoms with van der Waals surface area (Å²) in [7, 11) is 0. The molecule has 0 saturated heterocycles. The minimum atomic E-state index is 0.249. The molecule has 4 atom stereocenters. The highest BCUT2D eigenvalue weighted by molar-refractivity contribution is 5.72. The van der Waals surface area contributed by atoms with Gasteiger partial charge >= 0.3 is 0 Å². The minimum Gasteiger partial charge on any atom is -0.383 e. The lowest BCUT2D eigenvalue weighted by Gasteiger charge is -2.36. The van der Waals surface area contributed by atoms with Crippen LogP contribution in [0.4, 0.5) is 0 Å². The number of hydrogen-bond acceptors (Lipinski definition) is 2. The normalized spacial score (nSPS) is 42.2. The Morgan fingerprint density at radius 1 is 1.33 bits per heavy atom. The van der Waals surface area contributed by atoms with Gasteiger partial charge in [0.1, 0.15) is 0 Å². The van der Waals surface area contributed by atoms with E-state index in [0.717, 1.165) is 17.8 Å². The molecule has 3 aliphatic rings. The lowest BCUT2D eigenvalue weighted by molar-refractivity contribution is 0.141. The summed E-state index contributed by atoms with van der Waals surface area (Å²) in [6.45, 7) is 7.72. The summed E-state index contributed by atoms with van der Waals surface area (Å²) >= 11 is 0. The minimum absolute atomic E-state index is 0.249. The molecule has 0 aliphatic heterocycles. The van der Waals surface area contributed by atoms with E-state index in [1.165, 1.54) is 32.1 Å². The summed E-state index contributed by atoms with van der Waals surface area (Å²) in [5.41, 5.74) is 2.50. The van der Waals surface area contributed by atoms with Crippen molar-refractivity contribution in [2.75, 3.05) is 6.61 Å². The summed E-state index contributed by atoms with van der Waals surface area (Å²) in [5.74, 6) is 4.91. The number of oxime groups is 1. The Labute approximate surface area is 129 Å². The molecule has 0 aromatic heterocycles. The third-order valence-corrected chi connectivity index (χ3v) is 6.49. The van der Waals surface area contributed by atoms with Crippen molar-refractivity contribution in [1.29, 1.82) is 0 Å². The van der Waals surface area contributed by atoms with Crippen LogP contribution >= 0.6 is 0 Å². The van der Waals surface area contributed by atoms with Gasteiger partial charge in [0.25, 0.3) is 0 Å². The van der Waals surface area contributed by atoms with Crippen molar-refractivity contribution < 1.29 is 4.84 Å². The van der Waals surface area contributed by atoms with E-state index in [4.69, 9.17) is 11.3 Å². The average Bonchev–Trinajstić information content (AvgIpc) is 2.92. The Morgan fingerprint density at radius 3 is 2.90 bits per heavy atom. The molecule has 0 N–H and O–H groups in total. The van der Waals surface area contributed by atoms with Crippen molar-refractivity contribution in [3.63, 3.8) is 0 Å². The average molecular weight is 285 g/mol. The zero-order valence-electron chi connectivity index (χ0n) is 13.6. The second-order valence-electron chi connectivity index (χ2n) is 7.93. The van der Waals surface area contributed by atoms with Crippen LogP contribution in [0.2, 0.25) is 0 Å². The summed E-state index contributed by atoms with van der Waals surface area (Å²) < 4.78 is 0. The van der Waals surface area contributed by atoms with Crippen LogP contribution in [0.25, 0.3) is 0 Å². The predicted octanol–water partition coefficient (Wildman–Crippen LogP) is 4.42. The Bertz CT molecular complexity index is 510. The Balaban J connectivity index is 1.88. The van der Waals surface area contributed by atoms with Crippen LogP contribution in [0.5, 0.6) is 0 Å².